The normalized spacial score (nSPS) is 16.3. The Labute approximate surface area is 108 Å². The molecule has 0 atom stereocenters. The monoisotopic (exact) mass is 269 g/mol. The second kappa shape index (κ2) is 5.26. The Morgan fingerprint density at radius 3 is 2.61 bits per heavy atom. The zero-order valence-electron chi connectivity index (χ0n) is 10.7. The van der Waals surface area contributed by atoms with Crippen LogP contribution in [0.5, 0.6) is 0 Å². The first-order chi connectivity index (χ1) is 8.56. The third-order valence-corrected chi connectivity index (χ3v) is 4.77. The molecule has 0 bridgehead atoms. The van der Waals surface area contributed by atoms with Gasteiger partial charge in [-0.2, -0.15) is 0 Å². The molecule has 0 aromatic heterocycles. The average molecular weight is 269 g/mol. The molecule has 0 radical (unpaired) electrons. The van der Waals surface area contributed by atoms with Crippen molar-refractivity contribution >= 4 is 15.7 Å². The highest BCUT2D eigenvalue weighted by atomic mass is 32.2. The number of sulfonamides is 1. The number of hydrogen-bond donors (Lipinski definition) is 2. The van der Waals surface area contributed by atoms with Gasteiger partial charge in [-0.3, -0.25) is 0 Å². The Morgan fingerprint density at radius 2 is 2.06 bits per heavy atom. The molecule has 5 nitrogen and oxygen atoms in total. The number of hydrogen-bond acceptors (Lipinski definition) is 4. The topological polar surface area (TPSA) is 61.4 Å². The molecule has 0 spiro atoms. The maximum Gasteiger partial charge on any atom is 0.242 e. The lowest BCUT2D eigenvalue weighted by molar-refractivity contribution is 0.427. The number of nitrogens with zero attached hydrogens (tertiary/aromatic N) is 1. The summed E-state index contributed by atoms with van der Waals surface area (Å²) in [5.41, 5.74) is 0.755. The molecular formula is C12H19N3O2S. The first-order valence-corrected chi connectivity index (χ1v) is 7.57. The maximum atomic E-state index is 12.1. The van der Waals surface area contributed by atoms with Crippen LogP contribution in [-0.2, 0) is 10.0 Å². The van der Waals surface area contributed by atoms with Crippen LogP contribution in [0.1, 0.15) is 6.92 Å². The molecule has 0 unspecified atom stereocenters. The van der Waals surface area contributed by atoms with Gasteiger partial charge in [-0.05, 0) is 12.1 Å². The molecule has 1 aliphatic rings. The summed E-state index contributed by atoms with van der Waals surface area (Å²) in [5.74, 6) is 0. The van der Waals surface area contributed by atoms with Crippen LogP contribution in [-0.4, -0.2) is 41.1 Å². The fourth-order valence-electron chi connectivity index (χ4n) is 1.99. The molecule has 6 heteroatoms. The number of likely N-dealkylation sites (N-methyl/N-ethyl adjacent to an activating group) is 1. The summed E-state index contributed by atoms with van der Waals surface area (Å²) in [6.45, 7) is 3.96. The molecule has 1 heterocycles. The summed E-state index contributed by atoms with van der Waals surface area (Å²) in [6.07, 6.45) is 0. The van der Waals surface area contributed by atoms with Crippen LogP contribution in [0.15, 0.2) is 29.2 Å². The zero-order chi connectivity index (χ0) is 13.2. The highest BCUT2D eigenvalue weighted by Crippen LogP contribution is 2.26. The summed E-state index contributed by atoms with van der Waals surface area (Å²) in [6, 6.07) is 7.48. The minimum atomic E-state index is -3.42. The average Bonchev–Trinajstić information content (AvgIpc) is 2.26. The van der Waals surface area contributed by atoms with Crippen molar-refractivity contribution in [3.05, 3.63) is 24.3 Å². The summed E-state index contributed by atoms with van der Waals surface area (Å²) in [4.78, 5) is 2.38. The van der Waals surface area contributed by atoms with E-state index in [2.05, 4.69) is 10.0 Å². The minimum absolute atomic E-state index is 0.348. The largest absolute Gasteiger partial charge is 0.368 e. The van der Waals surface area contributed by atoms with Gasteiger partial charge in [0, 0.05) is 26.7 Å². The van der Waals surface area contributed by atoms with E-state index in [9.17, 15) is 8.42 Å². The molecule has 18 heavy (non-hydrogen) atoms. The summed E-state index contributed by atoms with van der Waals surface area (Å²) >= 11 is 0. The Kier molecular flexibility index (Phi) is 3.89. The van der Waals surface area contributed by atoms with Gasteiger partial charge >= 0.3 is 0 Å². The highest BCUT2D eigenvalue weighted by Gasteiger charge is 2.26. The van der Waals surface area contributed by atoms with Crippen LogP contribution in [0.3, 0.4) is 0 Å². The summed E-state index contributed by atoms with van der Waals surface area (Å²) < 4.78 is 26.8. The van der Waals surface area contributed by atoms with E-state index < -0.39 is 10.0 Å². The van der Waals surface area contributed by atoms with Gasteiger partial charge in [0.15, 0.2) is 0 Å². The van der Waals surface area contributed by atoms with Crippen molar-refractivity contribution in [1.82, 2.24) is 10.0 Å². The first kappa shape index (κ1) is 13.3. The standard InChI is InChI=1S/C12H19N3O2S/c1-3-14-18(16,17)12-7-5-4-6-11(12)15(2)10-8-13-9-10/h4-7,10,13-14H,3,8-9H2,1-2H3. The van der Waals surface area contributed by atoms with Crippen molar-refractivity contribution in [3.8, 4) is 0 Å². The molecule has 1 aliphatic heterocycles. The van der Waals surface area contributed by atoms with Gasteiger partial charge in [0.2, 0.25) is 10.0 Å². The molecule has 2 N–H and O–H groups in total. The van der Waals surface area contributed by atoms with E-state index >= 15 is 0 Å². The van der Waals surface area contributed by atoms with E-state index in [1.807, 2.05) is 24.1 Å². The van der Waals surface area contributed by atoms with Crippen molar-refractivity contribution < 1.29 is 8.42 Å². The lowest BCUT2D eigenvalue weighted by atomic mass is 10.1. The summed E-state index contributed by atoms with van der Waals surface area (Å²) in [7, 11) is -1.48. The SMILES string of the molecule is CCNS(=O)(=O)c1ccccc1N(C)C1CNC1. The van der Waals surface area contributed by atoms with Crippen molar-refractivity contribution in [2.24, 2.45) is 0 Å². The number of nitrogens with one attached hydrogen (secondary N) is 2. The van der Waals surface area contributed by atoms with Gasteiger partial charge in [0.05, 0.1) is 11.7 Å². The van der Waals surface area contributed by atoms with E-state index in [4.69, 9.17) is 0 Å². The second-order valence-corrected chi connectivity index (χ2v) is 6.13. The van der Waals surface area contributed by atoms with Gasteiger partial charge in [-0.1, -0.05) is 19.1 Å². The quantitative estimate of drug-likeness (QED) is 0.812. The molecule has 1 fully saturated rings. The van der Waals surface area contributed by atoms with E-state index in [-0.39, 0.29) is 0 Å². The molecular weight excluding hydrogens is 250 g/mol. The van der Waals surface area contributed by atoms with Crippen LogP contribution in [0, 0.1) is 0 Å². The van der Waals surface area contributed by atoms with Crippen molar-refractivity contribution in [2.45, 2.75) is 17.9 Å². The van der Waals surface area contributed by atoms with E-state index in [1.165, 1.54) is 0 Å². The van der Waals surface area contributed by atoms with Crippen LogP contribution < -0.4 is 14.9 Å². The van der Waals surface area contributed by atoms with Crippen LogP contribution in [0.25, 0.3) is 0 Å². The van der Waals surface area contributed by atoms with Crippen LogP contribution in [0.2, 0.25) is 0 Å². The highest BCUT2D eigenvalue weighted by molar-refractivity contribution is 7.89. The lowest BCUT2D eigenvalue weighted by Gasteiger charge is -2.37. The molecule has 1 saturated heterocycles. The van der Waals surface area contributed by atoms with E-state index in [0.29, 0.717) is 17.5 Å². The Bertz CT molecular complexity index is 512. The van der Waals surface area contributed by atoms with E-state index in [1.54, 1.807) is 19.1 Å². The predicted molar refractivity (Wildman–Crippen MR) is 72.4 cm³/mol. The molecule has 1 aromatic carbocycles. The molecule has 0 saturated carbocycles. The van der Waals surface area contributed by atoms with Gasteiger partial charge in [0.1, 0.15) is 4.90 Å². The van der Waals surface area contributed by atoms with Gasteiger partial charge in [-0.15, -0.1) is 0 Å². The van der Waals surface area contributed by atoms with Crippen LogP contribution >= 0.6 is 0 Å². The summed E-state index contributed by atoms with van der Waals surface area (Å²) in [5, 5.41) is 3.19. The number of benzene rings is 1. The Morgan fingerprint density at radius 1 is 1.39 bits per heavy atom. The third kappa shape index (κ3) is 2.50. The Hall–Kier alpha value is -1.11. The number of para-hydroxylation sites is 1. The second-order valence-electron chi connectivity index (χ2n) is 4.39. The van der Waals surface area contributed by atoms with Gasteiger partial charge < -0.3 is 10.2 Å². The fraction of sp³-hybridized carbons (Fsp3) is 0.500. The van der Waals surface area contributed by atoms with Crippen molar-refractivity contribution in [1.29, 1.82) is 0 Å². The zero-order valence-corrected chi connectivity index (χ0v) is 11.5. The molecule has 1 aromatic rings. The smallest absolute Gasteiger partial charge is 0.242 e. The number of rotatable bonds is 5. The van der Waals surface area contributed by atoms with Gasteiger partial charge in [0.25, 0.3) is 0 Å². The van der Waals surface area contributed by atoms with Crippen molar-refractivity contribution in [3.63, 3.8) is 0 Å². The Balaban J connectivity index is 2.36. The number of anilines is 1. The third-order valence-electron chi connectivity index (χ3n) is 3.18. The molecule has 0 aliphatic carbocycles. The first-order valence-electron chi connectivity index (χ1n) is 6.08. The maximum absolute atomic E-state index is 12.1. The molecule has 2 rings (SSSR count). The van der Waals surface area contributed by atoms with Crippen molar-refractivity contribution in [2.75, 3.05) is 31.6 Å². The van der Waals surface area contributed by atoms with Crippen LogP contribution in [0.4, 0.5) is 5.69 Å². The lowest BCUT2D eigenvalue weighted by Crippen LogP contribution is -2.56. The predicted octanol–water partition coefficient (Wildman–Crippen LogP) is 0.393. The minimum Gasteiger partial charge on any atom is -0.368 e. The molecule has 0 amide bonds. The van der Waals surface area contributed by atoms with E-state index in [0.717, 1.165) is 18.8 Å². The fourth-order valence-corrected chi connectivity index (χ4v) is 3.27. The van der Waals surface area contributed by atoms with Gasteiger partial charge in [-0.25, -0.2) is 13.1 Å². The molecule has 100 valence electrons.